The highest BCUT2D eigenvalue weighted by atomic mass is 35.5. The van der Waals surface area contributed by atoms with Crippen molar-refractivity contribution in [1.82, 2.24) is 25.5 Å². The van der Waals surface area contributed by atoms with Crippen molar-refractivity contribution in [3.05, 3.63) is 64.9 Å². The number of tetrazole rings is 1. The first kappa shape index (κ1) is 15.9. The highest BCUT2D eigenvalue weighted by Crippen LogP contribution is 2.14. The molecule has 1 amide bonds. The van der Waals surface area contributed by atoms with Gasteiger partial charge in [-0.15, -0.1) is 5.10 Å². The second kappa shape index (κ2) is 7.10. The quantitative estimate of drug-likeness (QED) is 0.768. The smallest absolute Gasteiger partial charge is 0.251 e. The van der Waals surface area contributed by atoms with Crippen LogP contribution >= 0.6 is 11.6 Å². The molecule has 0 saturated carbocycles. The van der Waals surface area contributed by atoms with E-state index in [9.17, 15) is 4.79 Å². The first-order valence-corrected chi connectivity index (χ1v) is 7.50. The molecule has 0 unspecified atom stereocenters. The third-order valence-corrected chi connectivity index (χ3v) is 3.60. The Hall–Kier alpha value is -2.93. The molecule has 0 aliphatic rings. The number of hydrogen-bond donors (Lipinski definition) is 1. The molecule has 3 aromatic rings. The van der Waals surface area contributed by atoms with Crippen molar-refractivity contribution in [3.63, 3.8) is 0 Å². The summed E-state index contributed by atoms with van der Waals surface area (Å²) < 4.78 is 6.66. The molecule has 1 heterocycles. The molecule has 24 heavy (non-hydrogen) atoms. The number of halogens is 1. The van der Waals surface area contributed by atoms with E-state index in [0.717, 1.165) is 5.69 Å². The number of nitrogens with zero attached hydrogens (tertiary/aromatic N) is 4. The zero-order valence-corrected chi connectivity index (χ0v) is 13.6. The Kier molecular flexibility index (Phi) is 4.72. The Balaban J connectivity index is 1.72. The van der Waals surface area contributed by atoms with Gasteiger partial charge in [-0.05, 0) is 52.9 Å². The van der Waals surface area contributed by atoms with E-state index in [-0.39, 0.29) is 12.5 Å². The largest absolute Gasteiger partial charge is 0.497 e. The lowest BCUT2D eigenvalue weighted by molar-refractivity contribution is 0.0949. The third kappa shape index (κ3) is 3.52. The van der Waals surface area contributed by atoms with Crippen LogP contribution in [0.4, 0.5) is 0 Å². The predicted octanol–water partition coefficient (Wildman–Crippen LogP) is 2.25. The van der Waals surface area contributed by atoms with Crippen molar-refractivity contribution < 1.29 is 9.53 Å². The minimum atomic E-state index is -0.237. The van der Waals surface area contributed by atoms with Crippen molar-refractivity contribution in [1.29, 1.82) is 0 Å². The zero-order valence-electron chi connectivity index (χ0n) is 12.8. The van der Waals surface area contributed by atoms with Crippen LogP contribution in [0.2, 0.25) is 5.02 Å². The van der Waals surface area contributed by atoms with E-state index in [0.29, 0.717) is 22.2 Å². The first-order chi connectivity index (χ1) is 11.7. The molecule has 0 spiro atoms. The minimum absolute atomic E-state index is 0.186. The van der Waals surface area contributed by atoms with Crippen LogP contribution in [0.15, 0.2) is 48.5 Å². The summed E-state index contributed by atoms with van der Waals surface area (Å²) in [6.45, 7) is 0.186. The van der Waals surface area contributed by atoms with Gasteiger partial charge in [0.2, 0.25) is 0 Å². The number of carbonyl (C=O) groups is 1. The van der Waals surface area contributed by atoms with Gasteiger partial charge >= 0.3 is 0 Å². The van der Waals surface area contributed by atoms with E-state index in [4.69, 9.17) is 16.3 Å². The standard InChI is InChI=1S/C16H14ClN5O2/c1-24-14-4-2-3-11(9-14)16(23)18-10-15-19-20-21-22(15)13-7-5-12(17)6-8-13/h2-9H,10H2,1H3,(H,18,23). The zero-order chi connectivity index (χ0) is 16.9. The van der Waals surface area contributed by atoms with E-state index in [1.54, 1.807) is 60.3 Å². The molecule has 0 aliphatic carbocycles. The van der Waals surface area contributed by atoms with E-state index < -0.39 is 0 Å². The average molecular weight is 344 g/mol. The van der Waals surface area contributed by atoms with Crippen LogP contribution in [0.25, 0.3) is 5.69 Å². The minimum Gasteiger partial charge on any atom is -0.497 e. The number of aromatic nitrogens is 4. The van der Waals surface area contributed by atoms with Gasteiger partial charge in [0, 0.05) is 10.6 Å². The van der Waals surface area contributed by atoms with Gasteiger partial charge in [-0.25, -0.2) is 0 Å². The lowest BCUT2D eigenvalue weighted by Crippen LogP contribution is -2.24. The molecule has 2 aromatic carbocycles. The topological polar surface area (TPSA) is 81.9 Å². The Morgan fingerprint density at radius 2 is 2.04 bits per heavy atom. The molecule has 0 atom stereocenters. The normalized spacial score (nSPS) is 10.4. The third-order valence-electron chi connectivity index (χ3n) is 3.34. The molecule has 1 aromatic heterocycles. The highest BCUT2D eigenvalue weighted by molar-refractivity contribution is 6.30. The molecule has 0 bridgehead atoms. The molecule has 0 radical (unpaired) electrons. The van der Waals surface area contributed by atoms with Crippen LogP contribution < -0.4 is 10.1 Å². The van der Waals surface area contributed by atoms with Crippen LogP contribution in [0.1, 0.15) is 16.2 Å². The number of nitrogens with one attached hydrogen (secondary N) is 1. The van der Waals surface area contributed by atoms with Crippen LogP contribution in [0.5, 0.6) is 5.75 Å². The van der Waals surface area contributed by atoms with Crippen molar-refractivity contribution in [3.8, 4) is 11.4 Å². The second-order valence-electron chi connectivity index (χ2n) is 4.90. The van der Waals surface area contributed by atoms with Crippen molar-refractivity contribution in [2.75, 3.05) is 7.11 Å². The van der Waals surface area contributed by atoms with Crippen LogP contribution in [-0.4, -0.2) is 33.2 Å². The van der Waals surface area contributed by atoms with E-state index in [2.05, 4.69) is 20.8 Å². The van der Waals surface area contributed by atoms with Gasteiger partial charge < -0.3 is 10.1 Å². The Morgan fingerprint density at radius 3 is 2.79 bits per heavy atom. The molecular weight excluding hydrogens is 330 g/mol. The van der Waals surface area contributed by atoms with E-state index in [1.165, 1.54) is 0 Å². The molecule has 3 rings (SSSR count). The van der Waals surface area contributed by atoms with Gasteiger partial charge in [0.25, 0.3) is 5.91 Å². The molecule has 8 heteroatoms. The van der Waals surface area contributed by atoms with Crippen molar-refractivity contribution >= 4 is 17.5 Å². The van der Waals surface area contributed by atoms with E-state index in [1.807, 2.05) is 0 Å². The summed E-state index contributed by atoms with van der Waals surface area (Å²) in [5.74, 6) is 0.891. The molecule has 0 aliphatic heterocycles. The summed E-state index contributed by atoms with van der Waals surface area (Å²) in [5.41, 5.74) is 1.26. The predicted molar refractivity (Wildman–Crippen MR) is 88.3 cm³/mol. The molecule has 0 fully saturated rings. The lowest BCUT2D eigenvalue weighted by Gasteiger charge is -2.07. The fourth-order valence-corrected chi connectivity index (χ4v) is 2.25. The summed E-state index contributed by atoms with van der Waals surface area (Å²) in [5, 5.41) is 15.0. The summed E-state index contributed by atoms with van der Waals surface area (Å²) >= 11 is 5.88. The number of amides is 1. The van der Waals surface area contributed by atoms with Crippen LogP contribution in [0.3, 0.4) is 0 Å². The fourth-order valence-electron chi connectivity index (χ4n) is 2.12. The molecule has 1 N–H and O–H groups in total. The first-order valence-electron chi connectivity index (χ1n) is 7.13. The maximum atomic E-state index is 12.2. The van der Waals surface area contributed by atoms with Gasteiger partial charge in [-0.3, -0.25) is 4.79 Å². The monoisotopic (exact) mass is 343 g/mol. The van der Waals surface area contributed by atoms with Gasteiger partial charge in [-0.2, -0.15) is 4.68 Å². The summed E-state index contributed by atoms with van der Waals surface area (Å²) in [6, 6.07) is 14.0. The number of benzene rings is 2. The molecule has 122 valence electrons. The Labute approximate surface area is 143 Å². The van der Waals surface area contributed by atoms with Crippen LogP contribution in [-0.2, 0) is 6.54 Å². The number of hydrogen-bond acceptors (Lipinski definition) is 5. The maximum Gasteiger partial charge on any atom is 0.251 e. The Bertz CT molecular complexity index is 848. The average Bonchev–Trinajstić information content (AvgIpc) is 3.09. The molecular formula is C16H14ClN5O2. The summed E-state index contributed by atoms with van der Waals surface area (Å²) in [6.07, 6.45) is 0. The number of methoxy groups -OCH3 is 1. The summed E-state index contributed by atoms with van der Waals surface area (Å²) in [4.78, 5) is 12.2. The molecule has 0 saturated heterocycles. The van der Waals surface area contributed by atoms with Crippen molar-refractivity contribution in [2.45, 2.75) is 6.54 Å². The van der Waals surface area contributed by atoms with E-state index >= 15 is 0 Å². The molecule has 7 nitrogen and oxygen atoms in total. The van der Waals surface area contributed by atoms with Crippen LogP contribution in [0, 0.1) is 0 Å². The number of rotatable bonds is 5. The number of ether oxygens (including phenoxy) is 1. The van der Waals surface area contributed by atoms with Gasteiger partial charge in [0.15, 0.2) is 5.82 Å². The number of carbonyl (C=O) groups excluding carboxylic acids is 1. The summed E-state index contributed by atoms with van der Waals surface area (Å²) in [7, 11) is 1.55. The lowest BCUT2D eigenvalue weighted by atomic mass is 10.2. The van der Waals surface area contributed by atoms with Gasteiger partial charge in [0.05, 0.1) is 19.3 Å². The Morgan fingerprint density at radius 1 is 1.25 bits per heavy atom. The second-order valence-corrected chi connectivity index (χ2v) is 5.33. The fraction of sp³-hybridized carbons (Fsp3) is 0.125. The highest BCUT2D eigenvalue weighted by Gasteiger charge is 2.11. The van der Waals surface area contributed by atoms with Gasteiger partial charge in [-0.1, -0.05) is 17.7 Å². The van der Waals surface area contributed by atoms with Gasteiger partial charge in [0.1, 0.15) is 5.75 Å². The SMILES string of the molecule is COc1cccc(C(=O)NCc2nnnn2-c2ccc(Cl)cc2)c1. The van der Waals surface area contributed by atoms with Crippen molar-refractivity contribution in [2.24, 2.45) is 0 Å². The maximum absolute atomic E-state index is 12.2.